The first-order valence-electron chi connectivity index (χ1n) is 8.40. The van der Waals surface area contributed by atoms with Crippen LogP contribution < -0.4 is 16.0 Å². The largest absolute Gasteiger partial charge is 0.370 e. The Bertz CT molecular complexity index is 539. The molecule has 0 spiro atoms. The van der Waals surface area contributed by atoms with Crippen LogP contribution in [0.2, 0.25) is 0 Å². The van der Waals surface area contributed by atoms with Gasteiger partial charge in [0.2, 0.25) is 11.9 Å². The van der Waals surface area contributed by atoms with E-state index in [1.54, 1.807) is 18.5 Å². The van der Waals surface area contributed by atoms with Crippen LogP contribution in [0.25, 0.3) is 0 Å². The summed E-state index contributed by atoms with van der Waals surface area (Å²) in [5, 5.41) is 2.99. The molecular formula is C16H27N7O. The van der Waals surface area contributed by atoms with Crippen LogP contribution in [0.15, 0.2) is 23.5 Å². The number of nitrogens with zero attached hydrogens (tertiary/aromatic N) is 5. The van der Waals surface area contributed by atoms with Crippen LogP contribution in [0.3, 0.4) is 0 Å². The van der Waals surface area contributed by atoms with Crippen molar-refractivity contribution < 1.29 is 4.79 Å². The summed E-state index contributed by atoms with van der Waals surface area (Å²) in [6.07, 6.45) is 3.88. The summed E-state index contributed by atoms with van der Waals surface area (Å²) in [4.78, 5) is 28.9. The van der Waals surface area contributed by atoms with Crippen LogP contribution in [0, 0.1) is 5.92 Å². The molecule has 1 amide bonds. The molecule has 0 radical (unpaired) electrons. The second kappa shape index (κ2) is 9.05. The minimum Gasteiger partial charge on any atom is -0.370 e. The second-order valence-electron chi connectivity index (χ2n) is 6.21. The number of rotatable bonds is 6. The number of aromatic nitrogens is 2. The van der Waals surface area contributed by atoms with Crippen LogP contribution in [-0.4, -0.2) is 66.0 Å². The Hall–Kier alpha value is -2.38. The van der Waals surface area contributed by atoms with Gasteiger partial charge in [-0.15, -0.1) is 0 Å². The number of anilines is 1. The molecule has 1 saturated heterocycles. The fourth-order valence-electron chi connectivity index (χ4n) is 2.40. The van der Waals surface area contributed by atoms with Gasteiger partial charge in [-0.05, 0) is 12.0 Å². The van der Waals surface area contributed by atoms with Gasteiger partial charge in [-0.25, -0.2) is 9.97 Å². The fraction of sp³-hybridized carbons (Fsp3) is 0.625. The van der Waals surface area contributed by atoms with Crippen molar-refractivity contribution in [3.8, 4) is 0 Å². The van der Waals surface area contributed by atoms with E-state index in [-0.39, 0.29) is 5.91 Å². The number of nitrogens with one attached hydrogen (secondary N) is 1. The third-order valence-electron chi connectivity index (χ3n) is 3.74. The van der Waals surface area contributed by atoms with Crippen LogP contribution >= 0.6 is 0 Å². The highest BCUT2D eigenvalue weighted by atomic mass is 16.2. The average molecular weight is 333 g/mol. The zero-order valence-electron chi connectivity index (χ0n) is 14.5. The third kappa shape index (κ3) is 5.68. The van der Waals surface area contributed by atoms with Crippen LogP contribution in [0.4, 0.5) is 5.95 Å². The molecule has 8 heteroatoms. The highest BCUT2D eigenvalue weighted by Gasteiger charge is 2.21. The predicted octanol–water partition coefficient (Wildman–Crippen LogP) is 0.0756. The number of carbonyl (C=O) groups is 1. The monoisotopic (exact) mass is 333 g/mol. The average Bonchev–Trinajstić information content (AvgIpc) is 2.61. The molecule has 1 aromatic heterocycles. The van der Waals surface area contributed by atoms with Gasteiger partial charge < -0.3 is 20.9 Å². The lowest BCUT2D eigenvalue weighted by atomic mass is 10.2. The van der Waals surface area contributed by atoms with Gasteiger partial charge in [-0.3, -0.25) is 9.79 Å². The van der Waals surface area contributed by atoms with Gasteiger partial charge in [0.05, 0.1) is 0 Å². The van der Waals surface area contributed by atoms with Crippen LogP contribution in [0.5, 0.6) is 0 Å². The lowest BCUT2D eigenvalue weighted by molar-refractivity contribution is -0.131. The van der Waals surface area contributed by atoms with E-state index in [4.69, 9.17) is 5.73 Å². The number of hydrogen-bond acceptors (Lipinski definition) is 5. The summed E-state index contributed by atoms with van der Waals surface area (Å²) in [7, 11) is 0. The van der Waals surface area contributed by atoms with Crippen molar-refractivity contribution in [3.05, 3.63) is 18.5 Å². The number of amides is 1. The van der Waals surface area contributed by atoms with Crippen LogP contribution in [0.1, 0.15) is 20.3 Å². The Labute approximate surface area is 143 Å². The predicted molar refractivity (Wildman–Crippen MR) is 94.8 cm³/mol. The smallest absolute Gasteiger partial charge is 0.225 e. The van der Waals surface area contributed by atoms with Crippen molar-refractivity contribution in [1.82, 2.24) is 20.2 Å². The molecule has 0 aromatic carbocycles. The van der Waals surface area contributed by atoms with E-state index in [0.717, 1.165) is 19.0 Å². The van der Waals surface area contributed by atoms with Gasteiger partial charge in [0, 0.05) is 58.1 Å². The van der Waals surface area contributed by atoms with E-state index in [2.05, 4.69) is 39.0 Å². The molecule has 0 saturated carbocycles. The first-order chi connectivity index (χ1) is 11.6. The quantitative estimate of drug-likeness (QED) is 0.565. The number of piperazine rings is 1. The summed E-state index contributed by atoms with van der Waals surface area (Å²) >= 11 is 0. The molecule has 1 aliphatic heterocycles. The molecule has 1 aliphatic rings. The van der Waals surface area contributed by atoms with Gasteiger partial charge in [0.25, 0.3) is 0 Å². The van der Waals surface area contributed by atoms with Crippen molar-refractivity contribution in [2.24, 2.45) is 16.6 Å². The lowest BCUT2D eigenvalue weighted by Gasteiger charge is -2.34. The zero-order valence-corrected chi connectivity index (χ0v) is 14.5. The van der Waals surface area contributed by atoms with Crippen molar-refractivity contribution in [2.75, 3.05) is 44.2 Å². The topological polar surface area (TPSA) is 99.7 Å². The molecule has 0 aliphatic carbocycles. The Balaban J connectivity index is 1.68. The molecule has 1 fully saturated rings. The lowest BCUT2D eigenvalue weighted by Crippen LogP contribution is -2.49. The summed E-state index contributed by atoms with van der Waals surface area (Å²) in [6, 6.07) is 1.80. The molecule has 8 nitrogen and oxygen atoms in total. The van der Waals surface area contributed by atoms with Crippen LogP contribution in [-0.2, 0) is 4.79 Å². The zero-order chi connectivity index (χ0) is 17.4. The standard InChI is InChI=1S/C16H27N7O/c1-13(2)12-21-15(17)18-7-4-14(24)22-8-10-23(11-9-22)16-19-5-3-6-20-16/h3,5-6,13H,4,7-12H2,1-2H3,(H3,17,18,21). The number of guanidine groups is 1. The number of nitrogens with two attached hydrogens (primary N) is 1. The minimum absolute atomic E-state index is 0.132. The summed E-state index contributed by atoms with van der Waals surface area (Å²) in [5.41, 5.74) is 5.76. The number of aliphatic imine (C=N–C) groups is 1. The van der Waals surface area contributed by atoms with E-state index in [1.165, 1.54) is 0 Å². The number of hydrogen-bond donors (Lipinski definition) is 2. The van der Waals surface area contributed by atoms with Crippen molar-refractivity contribution in [2.45, 2.75) is 20.3 Å². The maximum atomic E-state index is 12.2. The Morgan fingerprint density at radius 3 is 2.58 bits per heavy atom. The normalized spacial score (nSPS) is 15.7. The molecule has 0 atom stereocenters. The number of carbonyl (C=O) groups excluding carboxylic acids is 1. The Morgan fingerprint density at radius 2 is 1.96 bits per heavy atom. The fourth-order valence-corrected chi connectivity index (χ4v) is 2.40. The molecule has 2 rings (SSSR count). The van der Waals surface area contributed by atoms with E-state index < -0.39 is 0 Å². The maximum Gasteiger partial charge on any atom is 0.225 e. The van der Waals surface area contributed by atoms with E-state index in [1.807, 2.05) is 4.90 Å². The molecule has 0 unspecified atom stereocenters. The SMILES string of the molecule is CC(C)CN=C(N)NCCC(=O)N1CCN(c2ncccn2)CC1. The summed E-state index contributed by atoms with van der Waals surface area (Å²) < 4.78 is 0. The van der Waals surface area contributed by atoms with Gasteiger partial charge in [0.15, 0.2) is 5.96 Å². The Kier molecular flexibility index (Phi) is 6.77. The first kappa shape index (κ1) is 18.0. The molecular weight excluding hydrogens is 306 g/mol. The van der Waals surface area contributed by atoms with Crippen molar-refractivity contribution >= 4 is 17.8 Å². The van der Waals surface area contributed by atoms with Crippen molar-refractivity contribution in [1.29, 1.82) is 0 Å². The van der Waals surface area contributed by atoms with E-state index >= 15 is 0 Å². The van der Waals surface area contributed by atoms with Gasteiger partial charge >= 0.3 is 0 Å². The molecule has 0 bridgehead atoms. The van der Waals surface area contributed by atoms with E-state index in [0.29, 0.717) is 44.5 Å². The maximum absolute atomic E-state index is 12.2. The molecule has 3 N–H and O–H groups in total. The first-order valence-corrected chi connectivity index (χ1v) is 8.40. The van der Waals surface area contributed by atoms with Gasteiger partial charge in [-0.2, -0.15) is 0 Å². The molecule has 1 aromatic rings. The molecule has 132 valence electrons. The molecule has 2 heterocycles. The van der Waals surface area contributed by atoms with E-state index in [9.17, 15) is 4.79 Å². The highest BCUT2D eigenvalue weighted by molar-refractivity contribution is 5.80. The summed E-state index contributed by atoms with van der Waals surface area (Å²) in [6.45, 7) is 8.25. The molecule has 24 heavy (non-hydrogen) atoms. The third-order valence-corrected chi connectivity index (χ3v) is 3.74. The minimum atomic E-state index is 0.132. The van der Waals surface area contributed by atoms with Gasteiger partial charge in [-0.1, -0.05) is 13.8 Å². The second-order valence-corrected chi connectivity index (χ2v) is 6.21. The van der Waals surface area contributed by atoms with Crippen molar-refractivity contribution in [3.63, 3.8) is 0 Å². The highest BCUT2D eigenvalue weighted by Crippen LogP contribution is 2.10. The Morgan fingerprint density at radius 1 is 1.29 bits per heavy atom. The summed E-state index contributed by atoms with van der Waals surface area (Å²) in [5.74, 6) is 1.73. The van der Waals surface area contributed by atoms with Gasteiger partial charge in [0.1, 0.15) is 0 Å².